The van der Waals surface area contributed by atoms with Crippen molar-refractivity contribution in [3.05, 3.63) is 65.7 Å². The molecular weight excluding hydrogens is 322 g/mol. The number of nitrogens with zero attached hydrogens (tertiary/aromatic N) is 1. The van der Waals surface area contributed by atoms with Crippen molar-refractivity contribution >= 4 is 28.3 Å². The van der Waals surface area contributed by atoms with Crippen LogP contribution in [0, 0.1) is 0 Å². The Bertz CT molecular complexity index is 905. The van der Waals surface area contributed by atoms with Crippen molar-refractivity contribution in [2.75, 3.05) is 11.9 Å². The predicted octanol–water partition coefficient (Wildman–Crippen LogP) is 5.07. The number of carbonyl (C=O) groups excluding carboxylic acids is 1. The van der Waals surface area contributed by atoms with E-state index in [1.54, 1.807) is 0 Å². The third-order valence-electron chi connectivity index (χ3n) is 4.44. The topological polar surface area (TPSA) is 54.0 Å². The molecule has 1 heterocycles. The van der Waals surface area contributed by atoms with Gasteiger partial charge in [0.05, 0.1) is 11.1 Å². The predicted molar refractivity (Wildman–Crippen MR) is 108 cm³/mol. The number of rotatable bonds is 7. The zero-order valence-corrected chi connectivity index (χ0v) is 15.4. The molecule has 0 radical (unpaired) electrons. The van der Waals surface area contributed by atoms with Crippen LogP contribution < -0.4 is 10.6 Å². The van der Waals surface area contributed by atoms with Crippen LogP contribution in [0.1, 0.15) is 42.6 Å². The van der Waals surface area contributed by atoms with Gasteiger partial charge in [-0.1, -0.05) is 56.7 Å². The summed E-state index contributed by atoms with van der Waals surface area (Å²) in [4.78, 5) is 17.4. The molecule has 0 atom stereocenters. The average molecular weight is 347 g/mol. The molecule has 0 spiro atoms. The van der Waals surface area contributed by atoms with E-state index in [0.29, 0.717) is 17.9 Å². The van der Waals surface area contributed by atoms with Crippen LogP contribution in [0.5, 0.6) is 0 Å². The van der Waals surface area contributed by atoms with Crippen molar-refractivity contribution in [2.45, 2.75) is 33.1 Å². The van der Waals surface area contributed by atoms with Crippen molar-refractivity contribution in [1.29, 1.82) is 0 Å². The largest absolute Gasteiger partial charge is 0.352 e. The Hall–Kier alpha value is -2.88. The lowest BCUT2D eigenvalue weighted by atomic mass is 10.1. The molecule has 0 aliphatic carbocycles. The van der Waals surface area contributed by atoms with Crippen molar-refractivity contribution in [3.63, 3.8) is 0 Å². The van der Waals surface area contributed by atoms with Crippen molar-refractivity contribution in [3.8, 4) is 0 Å². The van der Waals surface area contributed by atoms with Gasteiger partial charge in [-0.25, -0.2) is 4.98 Å². The Kier molecular flexibility index (Phi) is 5.84. The summed E-state index contributed by atoms with van der Waals surface area (Å²) in [7, 11) is 0. The third-order valence-corrected chi connectivity index (χ3v) is 4.44. The maximum absolute atomic E-state index is 12.7. The van der Waals surface area contributed by atoms with Gasteiger partial charge in [0.1, 0.15) is 5.82 Å². The van der Waals surface area contributed by atoms with Crippen LogP contribution in [-0.2, 0) is 6.42 Å². The van der Waals surface area contributed by atoms with E-state index < -0.39 is 0 Å². The second kappa shape index (κ2) is 8.48. The molecule has 0 saturated carbocycles. The van der Waals surface area contributed by atoms with E-state index in [2.05, 4.69) is 30.5 Å². The van der Waals surface area contributed by atoms with E-state index in [0.717, 1.165) is 35.9 Å². The number of para-hydroxylation sites is 2. The number of aromatic nitrogens is 1. The molecule has 3 aromatic rings. The number of fused-ring (bicyclic) bond motifs is 1. The fraction of sp³-hybridized carbons (Fsp3) is 0.273. The molecule has 2 aromatic carbocycles. The first-order valence-electron chi connectivity index (χ1n) is 9.25. The Morgan fingerprint density at radius 1 is 1.04 bits per heavy atom. The molecule has 0 saturated heterocycles. The fourth-order valence-electron chi connectivity index (χ4n) is 2.99. The molecule has 0 fully saturated rings. The highest BCUT2D eigenvalue weighted by atomic mass is 16.1. The lowest BCUT2D eigenvalue weighted by molar-refractivity contribution is 0.0955. The van der Waals surface area contributed by atoms with E-state index in [1.807, 2.05) is 48.5 Å². The first-order valence-corrected chi connectivity index (χ1v) is 9.25. The SMILES string of the molecule is CCCCNC(=O)c1cc(Nc2ccccc2CC)nc2ccccc12. The van der Waals surface area contributed by atoms with Gasteiger partial charge in [-0.3, -0.25) is 4.79 Å². The monoisotopic (exact) mass is 347 g/mol. The summed E-state index contributed by atoms with van der Waals surface area (Å²) >= 11 is 0. The molecule has 4 heteroatoms. The lowest BCUT2D eigenvalue weighted by Crippen LogP contribution is -2.24. The van der Waals surface area contributed by atoms with Crippen LogP contribution >= 0.6 is 0 Å². The van der Waals surface area contributed by atoms with Crippen LogP contribution in [0.2, 0.25) is 0 Å². The minimum absolute atomic E-state index is 0.0520. The Morgan fingerprint density at radius 2 is 1.81 bits per heavy atom. The third kappa shape index (κ3) is 4.02. The molecular formula is C22H25N3O. The number of pyridine rings is 1. The number of amides is 1. The number of hydrogen-bond acceptors (Lipinski definition) is 3. The highest BCUT2D eigenvalue weighted by molar-refractivity contribution is 6.07. The molecule has 0 aliphatic rings. The number of benzene rings is 2. The Morgan fingerprint density at radius 3 is 2.62 bits per heavy atom. The number of carbonyl (C=O) groups is 1. The van der Waals surface area contributed by atoms with Gasteiger partial charge in [-0.05, 0) is 36.6 Å². The normalized spacial score (nSPS) is 10.7. The van der Waals surface area contributed by atoms with Gasteiger partial charge in [-0.15, -0.1) is 0 Å². The fourth-order valence-corrected chi connectivity index (χ4v) is 2.99. The minimum Gasteiger partial charge on any atom is -0.352 e. The molecule has 1 amide bonds. The van der Waals surface area contributed by atoms with Gasteiger partial charge in [0.15, 0.2) is 0 Å². The second-order valence-corrected chi connectivity index (χ2v) is 6.32. The van der Waals surface area contributed by atoms with Crippen LogP contribution in [-0.4, -0.2) is 17.4 Å². The van der Waals surface area contributed by atoms with Crippen molar-refractivity contribution in [2.24, 2.45) is 0 Å². The maximum Gasteiger partial charge on any atom is 0.252 e. The molecule has 0 unspecified atom stereocenters. The number of anilines is 2. The highest BCUT2D eigenvalue weighted by Crippen LogP contribution is 2.25. The number of aryl methyl sites for hydroxylation is 1. The van der Waals surface area contributed by atoms with Gasteiger partial charge >= 0.3 is 0 Å². The van der Waals surface area contributed by atoms with Gasteiger partial charge in [-0.2, -0.15) is 0 Å². The second-order valence-electron chi connectivity index (χ2n) is 6.32. The molecule has 3 rings (SSSR count). The van der Waals surface area contributed by atoms with Crippen LogP contribution in [0.3, 0.4) is 0 Å². The summed E-state index contributed by atoms with van der Waals surface area (Å²) in [5, 5.41) is 7.27. The summed E-state index contributed by atoms with van der Waals surface area (Å²) in [5.74, 6) is 0.633. The van der Waals surface area contributed by atoms with E-state index in [9.17, 15) is 4.79 Å². The standard InChI is InChI=1S/C22H25N3O/c1-3-5-14-23-22(26)18-15-21(25-20-13-9-7-11-17(18)20)24-19-12-8-6-10-16(19)4-2/h6-13,15H,3-5,14H2,1-2H3,(H,23,26)(H,24,25). The molecule has 2 N–H and O–H groups in total. The van der Waals surface area contributed by atoms with E-state index >= 15 is 0 Å². The number of nitrogens with one attached hydrogen (secondary N) is 2. The quantitative estimate of drug-likeness (QED) is 0.587. The minimum atomic E-state index is -0.0520. The van der Waals surface area contributed by atoms with Gasteiger partial charge in [0, 0.05) is 17.6 Å². The molecule has 0 bridgehead atoms. The Labute approximate surface area is 154 Å². The van der Waals surface area contributed by atoms with Gasteiger partial charge < -0.3 is 10.6 Å². The molecule has 0 aliphatic heterocycles. The summed E-state index contributed by atoms with van der Waals surface area (Å²) in [5.41, 5.74) is 3.71. The molecule has 4 nitrogen and oxygen atoms in total. The van der Waals surface area contributed by atoms with E-state index in [4.69, 9.17) is 4.98 Å². The zero-order valence-electron chi connectivity index (χ0n) is 15.4. The lowest BCUT2D eigenvalue weighted by Gasteiger charge is -2.13. The number of unbranched alkanes of at least 4 members (excludes halogenated alkanes) is 1. The van der Waals surface area contributed by atoms with Crippen LogP contribution in [0.25, 0.3) is 10.9 Å². The first-order chi connectivity index (χ1) is 12.7. The van der Waals surface area contributed by atoms with Crippen molar-refractivity contribution < 1.29 is 4.79 Å². The highest BCUT2D eigenvalue weighted by Gasteiger charge is 2.13. The molecule has 1 aromatic heterocycles. The summed E-state index contributed by atoms with van der Waals surface area (Å²) in [6.45, 7) is 4.93. The van der Waals surface area contributed by atoms with Crippen LogP contribution in [0.15, 0.2) is 54.6 Å². The maximum atomic E-state index is 12.7. The van der Waals surface area contributed by atoms with E-state index in [-0.39, 0.29) is 5.91 Å². The first kappa shape index (κ1) is 17.9. The average Bonchev–Trinajstić information content (AvgIpc) is 2.68. The number of hydrogen-bond donors (Lipinski definition) is 2. The zero-order chi connectivity index (χ0) is 18.4. The van der Waals surface area contributed by atoms with E-state index in [1.165, 1.54) is 5.56 Å². The smallest absolute Gasteiger partial charge is 0.252 e. The van der Waals surface area contributed by atoms with Crippen LogP contribution in [0.4, 0.5) is 11.5 Å². The van der Waals surface area contributed by atoms with Gasteiger partial charge in [0.25, 0.3) is 5.91 Å². The van der Waals surface area contributed by atoms with Crippen molar-refractivity contribution in [1.82, 2.24) is 10.3 Å². The summed E-state index contributed by atoms with van der Waals surface area (Å²) < 4.78 is 0. The molecule has 26 heavy (non-hydrogen) atoms. The summed E-state index contributed by atoms with van der Waals surface area (Å²) in [6.07, 6.45) is 2.96. The molecule has 134 valence electrons. The Balaban J connectivity index is 1.97. The van der Waals surface area contributed by atoms with Gasteiger partial charge in [0.2, 0.25) is 0 Å². The summed E-state index contributed by atoms with van der Waals surface area (Å²) in [6, 6.07) is 17.8.